The number of fused-ring (bicyclic) bond motifs is 1. The number of rotatable bonds is 9. The number of likely N-dealkylation sites (N-methyl/N-ethyl adjacent to an activating group) is 1. The van der Waals surface area contributed by atoms with Crippen LogP contribution in [0.2, 0.25) is 5.02 Å². The Kier molecular flexibility index (Phi) is 8.12. The van der Waals surface area contributed by atoms with E-state index in [1.807, 2.05) is 19.0 Å². The van der Waals surface area contributed by atoms with Crippen LogP contribution in [-0.2, 0) is 9.53 Å². The molecule has 0 saturated carbocycles. The van der Waals surface area contributed by atoms with Crippen LogP contribution in [0.15, 0.2) is 48.7 Å². The van der Waals surface area contributed by atoms with Gasteiger partial charge in [-0.3, -0.25) is 4.79 Å². The number of hydrogen-bond acceptors (Lipinski definition) is 7. The average molecular weight is 500 g/mol. The lowest BCUT2D eigenvalue weighted by atomic mass is 10.2. The van der Waals surface area contributed by atoms with E-state index in [0.29, 0.717) is 47.1 Å². The molecule has 10 heteroatoms. The predicted molar refractivity (Wildman–Crippen MR) is 135 cm³/mol. The first kappa shape index (κ1) is 24.8. The third kappa shape index (κ3) is 6.88. The summed E-state index contributed by atoms with van der Waals surface area (Å²) in [5.41, 5.74) is 1.68. The maximum absolute atomic E-state index is 13.5. The number of nitrogens with zero attached hydrogens (tertiary/aromatic N) is 3. The van der Waals surface area contributed by atoms with Crippen molar-refractivity contribution in [3.05, 3.63) is 59.5 Å². The highest BCUT2D eigenvalue weighted by Crippen LogP contribution is 2.31. The first-order valence-corrected chi connectivity index (χ1v) is 11.6. The van der Waals surface area contributed by atoms with Crippen LogP contribution in [-0.4, -0.2) is 60.7 Å². The Morgan fingerprint density at radius 1 is 1.34 bits per heavy atom. The summed E-state index contributed by atoms with van der Waals surface area (Å²) in [4.78, 5) is 23.3. The van der Waals surface area contributed by atoms with Gasteiger partial charge in [0.25, 0.3) is 0 Å². The van der Waals surface area contributed by atoms with Crippen LogP contribution in [0.25, 0.3) is 10.9 Å². The lowest BCUT2D eigenvalue weighted by Crippen LogP contribution is -2.18. The van der Waals surface area contributed by atoms with Crippen molar-refractivity contribution in [3.8, 4) is 5.75 Å². The van der Waals surface area contributed by atoms with Gasteiger partial charge >= 0.3 is 0 Å². The van der Waals surface area contributed by atoms with E-state index in [0.717, 1.165) is 19.4 Å². The second-order valence-electron chi connectivity index (χ2n) is 8.45. The number of hydrogen-bond donors (Lipinski definition) is 2. The van der Waals surface area contributed by atoms with Crippen LogP contribution < -0.4 is 15.4 Å². The van der Waals surface area contributed by atoms with E-state index >= 15 is 0 Å². The summed E-state index contributed by atoms with van der Waals surface area (Å²) in [6, 6.07) is 7.81. The summed E-state index contributed by atoms with van der Waals surface area (Å²) in [5.74, 6) is 0.0295. The molecule has 1 fully saturated rings. The van der Waals surface area contributed by atoms with Gasteiger partial charge in [-0.15, -0.1) is 0 Å². The Balaban J connectivity index is 1.58. The second-order valence-corrected chi connectivity index (χ2v) is 8.86. The van der Waals surface area contributed by atoms with Gasteiger partial charge in [0.1, 0.15) is 18.2 Å². The molecule has 1 amide bonds. The van der Waals surface area contributed by atoms with E-state index in [-0.39, 0.29) is 17.0 Å². The Morgan fingerprint density at radius 3 is 2.94 bits per heavy atom. The maximum Gasteiger partial charge on any atom is 0.248 e. The van der Waals surface area contributed by atoms with E-state index < -0.39 is 5.82 Å². The van der Waals surface area contributed by atoms with Gasteiger partial charge in [-0.05, 0) is 51.2 Å². The number of carbonyl (C=O) groups is 1. The monoisotopic (exact) mass is 499 g/mol. The molecule has 0 radical (unpaired) electrons. The highest BCUT2D eigenvalue weighted by atomic mass is 35.5. The standard InChI is InChI=1S/C25H27ClFN5O3/c1-32(2)9-3-6-24(33)30-22-11-16-14-28-25(29-17-7-8-20(27)19(26)12-17)31-21(16)13-23(22)35-15-18-5-4-10-34-18/h3,6-8,11-14,18H,4-5,9-10,15H2,1-2H3,(H,30,33)(H,28,29,31)/t18-/m0/s1. The summed E-state index contributed by atoms with van der Waals surface area (Å²) in [7, 11) is 3.85. The molecule has 1 atom stereocenters. The molecule has 1 aromatic heterocycles. The quantitative estimate of drug-likeness (QED) is 0.409. The maximum atomic E-state index is 13.5. The number of nitrogens with one attached hydrogen (secondary N) is 2. The largest absolute Gasteiger partial charge is 0.489 e. The van der Waals surface area contributed by atoms with E-state index in [1.54, 1.807) is 30.5 Å². The molecule has 184 valence electrons. The van der Waals surface area contributed by atoms with E-state index in [1.165, 1.54) is 18.2 Å². The fourth-order valence-corrected chi connectivity index (χ4v) is 3.72. The van der Waals surface area contributed by atoms with Gasteiger partial charge in [0.2, 0.25) is 11.9 Å². The van der Waals surface area contributed by atoms with Crippen molar-refractivity contribution in [2.45, 2.75) is 18.9 Å². The lowest BCUT2D eigenvalue weighted by molar-refractivity contribution is -0.111. The molecule has 3 aromatic rings. The molecular weight excluding hydrogens is 473 g/mol. The van der Waals surface area contributed by atoms with Gasteiger partial charge in [-0.2, -0.15) is 0 Å². The van der Waals surface area contributed by atoms with Gasteiger partial charge in [0.05, 0.1) is 22.3 Å². The number of ether oxygens (including phenoxy) is 2. The minimum atomic E-state index is -0.504. The smallest absolute Gasteiger partial charge is 0.248 e. The van der Waals surface area contributed by atoms with Crippen LogP contribution in [0.3, 0.4) is 0 Å². The highest BCUT2D eigenvalue weighted by molar-refractivity contribution is 6.31. The summed E-state index contributed by atoms with van der Waals surface area (Å²) in [6.07, 6.45) is 6.86. The molecule has 0 spiro atoms. The van der Waals surface area contributed by atoms with Crippen LogP contribution in [0.1, 0.15) is 12.8 Å². The van der Waals surface area contributed by atoms with Gasteiger partial charge in [-0.25, -0.2) is 14.4 Å². The van der Waals surface area contributed by atoms with E-state index in [2.05, 4.69) is 20.6 Å². The average Bonchev–Trinajstić information content (AvgIpc) is 3.34. The Bertz CT molecular complexity index is 1230. The Hall–Kier alpha value is -3.27. The van der Waals surface area contributed by atoms with Crippen LogP contribution in [0.4, 0.5) is 21.7 Å². The number of carbonyl (C=O) groups excluding carboxylic acids is 1. The molecule has 2 heterocycles. The number of benzene rings is 2. The van der Waals surface area contributed by atoms with Crippen molar-refractivity contribution in [2.24, 2.45) is 0 Å². The normalized spacial score (nSPS) is 15.7. The first-order valence-electron chi connectivity index (χ1n) is 11.3. The molecule has 35 heavy (non-hydrogen) atoms. The first-order chi connectivity index (χ1) is 16.9. The second kappa shape index (κ2) is 11.4. The Morgan fingerprint density at radius 2 is 2.20 bits per heavy atom. The molecule has 2 aromatic carbocycles. The molecule has 4 rings (SSSR count). The third-order valence-electron chi connectivity index (χ3n) is 5.30. The molecule has 1 aliphatic rings. The zero-order valence-corrected chi connectivity index (χ0v) is 20.3. The lowest BCUT2D eigenvalue weighted by Gasteiger charge is -2.16. The van der Waals surface area contributed by atoms with Crippen molar-refractivity contribution < 1.29 is 18.7 Å². The van der Waals surface area contributed by atoms with Gasteiger partial charge in [0.15, 0.2) is 0 Å². The molecule has 0 bridgehead atoms. The van der Waals surface area contributed by atoms with Crippen molar-refractivity contribution in [1.29, 1.82) is 0 Å². The van der Waals surface area contributed by atoms with E-state index in [4.69, 9.17) is 21.1 Å². The number of halogens is 2. The summed E-state index contributed by atoms with van der Waals surface area (Å²) in [6.45, 7) is 1.74. The number of amides is 1. The predicted octanol–water partition coefficient (Wildman–Crippen LogP) is 4.78. The molecule has 8 nitrogen and oxygen atoms in total. The van der Waals surface area contributed by atoms with Crippen molar-refractivity contribution in [3.63, 3.8) is 0 Å². The SMILES string of the molecule is CN(C)CC=CC(=O)Nc1cc2cnc(Nc3ccc(F)c(Cl)c3)nc2cc1OC[C@@H]1CCCO1. The number of anilines is 3. The van der Waals surface area contributed by atoms with Gasteiger partial charge in [-0.1, -0.05) is 17.7 Å². The van der Waals surface area contributed by atoms with Gasteiger partial charge < -0.3 is 25.0 Å². The topological polar surface area (TPSA) is 88.6 Å². The molecule has 1 aliphatic heterocycles. The fourth-order valence-electron chi connectivity index (χ4n) is 3.54. The summed E-state index contributed by atoms with van der Waals surface area (Å²) >= 11 is 5.87. The van der Waals surface area contributed by atoms with E-state index in [9.17, 15) is 9.18 Å². The number of aromatic nitrogens is 2. The van der Waals surface area contributed by atoms with Crippen LogP contribution in [0.5, 0.6) is 5.75 Å². The van der Waals surface area contributed by atoms with Crippen molar-refractivity contribution in [2.75, 3.05) is 44.5 Å². The molecule has 0 unspecified atom stereocenters. The Labute approximate surface area is 208 Å². The fraction of sp³-hybridized carbons (Fsp3) is 0.320. The summed E-state index contributed by atoms with van der Waals surface area (Å²) < 4.78 is 25.2. The van der Waals surface area contributed by atoms with Gasteiger partial charge in [0, 0.05) is 42.6 Å². The van der Waals surface area contributed by atoms with Crippen molar-refractivity contribution >= 4 is 45.7 Å². The zero-order chi connectivity index (χ0) is 24.8. The minimum Gasteiger partial charge on any atom is -0.489 e. The van der Waals surface area contributed by atoms with Crippen LogP contribution in [0, 0.1) is 5.82 Å². The third-order valence-corrected chi connectivity index (χ3v) is 5.59. The highest BCUT2D eigenvalue weighted by Gasteiger charge is 2.18. The zero-order valence-electron chi connectivity index (χ0n) is 19.6. The molecule has 2 N–H and O–H groups in total. The summed E-state index contributed by atoms with van der Waals surface area (Å²) in [5, 5.41) is 6.62. The van der Waals surface area contributed by atoms with Crippen LogP contribution >= 0.6 is 11.6 Å². The molecule has 0 aliphatic carbocycles. The minimum absolute atomic E-state index is 0.000576. The molecular formula is C25H27ClFN5O3. The van der Waals surface area contributed by atoms with Crippen molar-refractivity contribution in [1.82, 2.24) is 14.9 Å². The molecule has 1 saturated heterocycles.